The number of unbranched alkanes of at least 4 members (excludes halogenated alkanes) is 52. The number of carbonyl (C=O) groups is 4. The fraction of sp³-hybridized carbons (Fsp3) is 0.951. The Bertz CT molecular complexity index is 1910. The van der Waals surface area contributed by atoms with Crippen LogP contribution in [0.1, 0.15) is 433 Å². The molecule has 6 atom stereocenters. The van der Waals surface area contributed by atoms with E-state index >= 15 is 0 Å². The molecule has 0 saturated carbocycles. The van der Waals surface area contributed by atoms with Crippen LogP contribution in [0.15, 0.2) is 0 Å². The average Bonchev–Trinajstić information content (AvgIpc) is 0.957. The zero-order valence-corrected chi connectivity index (χ0v) is 67.1. The predicted octanol–water partition coefficient (Wildman–Crippen LogP) is 24.4. The minimum absolute atomic E-state index is 0.106. The van der Waals surface area contributed by atoms with Crippen molar-refractivity contribution in [3.63, 3.8) is 0 Å². The zero-order chi connectivity index (χ0) is 73.4. The molecular weight excluding hydrogens is 1310 g/mol. The Hall–Kier alpha value is -1.94. The van der Waals surface area contributed by atoms with Crippen molar-refractivity contribution >= 4 is 39.5 Å². The summed E-state index contributed by atoms with van der Waals surface area (Å²) in [5.74, 6) is -1.25. The van der Waals surface area contributed by atoms with Gasteiger partial charge in [0.1, 0.15) is 19.3 Å². The van der Waals surface area contributed by atoms with Crippen LogP contribution < -0.4 is 0 Å². The summed E-state index contributed by atoms with van der Waals surface area (Å²) in [5, 5.41) is 10.6. The lowest BCUT2D eigenvalue weighted by Gasteiger charge is -2.21. The van der Waals surface area contributed by atoms with E-state index in [4.69, 9.17) is 37.0 Å². The molecule has 19 heteroatoms. The fourth-order valence-electron chi connectivity index (χ4n) is 12.6. The van der Waals surface area contributed by atoms with E-state index < -0.39 is 97.5 Å². The number of phosphoric ester groups is 2. The number of hydrogen-bond donors (Lipinski definition) is 3. The molecule has 3 N–H and O–H groups in total. The Balaban J connectivity index is 5.08. The number of phosphoric acid groups is 2. The standard InChI is InChI=1S/C81H158O17P2/c1-6-10-13-16-18-20-22-23-24-25-26-27-28-29-33-36-39-43-46-50-55-60-65-79(84)92-71-77(98-81(86)67-62-57-52-48-44-40-37-34-31-30-32-35-38-42-45-49-54-58-63-74(5)9-4)73-96-100(89,90)94-69-75(82)68-93-99(87,88)95-72-76(70-91-78(83)64-59-53-15-12-8-3)97-80(85)66-61-56-51-47-41-21-19-17-14-11-7-2/h74-77,82H,6-73H2,1-5H3,(H,87,88)(H,89,90)/t74?,75-,76+,77+/m0/s1. The molecule has 0 aromatic heterocycles. The largest absolute Gasteiger partial charge is 0.472 e. The van der Waals surface area contributed by atoms with Gasteiger partial charge in [-0.05, 0) is 31.6 Å². The number of hydrogen-bond acceptors (Lipinski definition) is 15. The average molecular weight is 1470 g/mol. The molecule has 0 bridgehead atoms. The molecule has 17 nitrogen and oxygen atoms in total. The monoisotopic (exact) mass is 1470 g/mol. The number of rotatable bonds is 81. The van der Waals surface area contributed by atoms with E-state index in [2.05, 4.69) is 34.6 Å². The van der Waals surface area contributed by atoms with Gasteiger partial charge in [-0.2, -0.15) is 0 Å². The van der Waals surface area contributed by atoms with Crippen LogP contribution >= 0.6 is 15.6 Å². The van der Waals surface area contributed by atoms with Gasteiger partial charge in [0.15, 0.2) is 12.2 Å². The van der Waals surface area contributed by atoms with Crippen LogP contribution in [0.2, 0.25) is 0 Å². The third kappa shape index (κ3) is 73.0. The van der Waals surface area contributed by atoms with Gasteiger partial charge in [0.2, 0.25) is 0 Å². The quantitative estimate of drug-likeness (QED) is 0.0222. The number of carbonyl (C=O) groups excluding carboxylic acids is 4. The summed E-state index contributed by atoms with van der Waals surface area (Å²) in [6.07, 6.45) is 65.9. The maximum Gasteiger partial charge on any atom is 0.472 e. The summed E-state index contributed by atoms with van der Waals surface area (Å²) >= 11 is 0. The summed E-state index contributed by atoms with van der Waals surface area (Å²) < 4.78 is 68.4. The third-order valence-electron chi connectivity index (χ3n) is 19.4. The maximum absolute atomic E-state index is 13.1. The van der Waals surface area contributed by atoms with Gasteiger partial charge in [-0.25, -0.2) is 9.13 Å². The lowest BCUT2D eigenvalue weighted by atomic mass is 9.99. The van der Waals surface area contributed by atoms with E-state index in [0.29, 0.717) is 25.7 Å². The van der Waals surface area contributed by atoms with Gasteiger partial charge >= 0.3 is 39.5 Å². The third-order valence-corrected chi connectivity index (χ3v) is 21.3. The molecule has 0 aliphatic rings. The van der Waals surface area contributed by atoms with Crippen molar-refractivity contribution in [1.82, 2.24) is 0 Å². The second-order valence-electron chi connectivity index (χ2n) is 29.4. The van der Waals surface area contributed by atoms with E-state index in [0.717, 1.165) is 102 Å². The van der Waals surface area contributed by atoms with Gasteiger partial charge in [0.25, 0.3) is 0 Å². The zero-order valence-electron chi connectivity index (χ0n) is 65.3. The lowest BCUT2D eigenvalue weighted by Crippen LogP contribution is -2.30. The highest BCUT2D eigenvalue weighted by Gasteiger charge is 2.30. The van der Waals surface area contributed by atoms with Crippen molar-refractivity contribution < 1.29 is 80.2 Å². The van der Waals surface area contributed by atoms with E-state index in [1.165, 1.54) is 250 Å². The molecule has 100 heavy (non-hydrogen) atoms. The molecular formula is C81H158O17P2. The highest BCUT2D eigenvalue weighted by Crippen LogP contribution is 2.45. The second-order valence-corrected chi connectivity index (χ2v) is 32.3. The van der Waals surface area contributed by atoms with Gasteiger partial charge in [-0.15, -0.1) is 0 Å². The molecule has 0 fully saturated rings. The number of esters is 4. The van der Waals surface area contributed by atoms with Crippen molar-refractivity contribution in [2.75, 3.05) is 39.6 Å². The predicted molar refractivity (Wildman–Crippen MR) is 409 cm³/mol. The van der Waals surface area contributed by atoms with Gasteiger partial charge in [0, 0.05) is 25.7 Å². The highest BCUT2D eigenvalue weighted by molar-refractivity contribution is 7.47. The smallest absolute Gasteiger partial charge is 0.462 e. The number of ether oxygens (including phenoxy) is 4. The minimum Gasteiger partial charge on any atom is -0.462 e. The fourth-order valence-corrected chi connectivity index (χ4v) is 14.1. The molecule has 3 unspecified atom stereocenters. The molecule has 0 heterocycles. The molecule has 0 spiro atoms. The van der Waals surface area contributed by atoms with Crippen LogP contribution in [0, 0.1) is 5.92 Å². The van der Waals surface area contributed by atoms with Crippen molar-refractivity contribution in [3.05, 3.63) is 0 Å². The van der Waals surface area contributed by atoms with Gasteiger partial charge in [0.05, 0.1) is 26.4 Å². The Kier molecular flexibility index (Phi) is 72.5. The minimum atomic E-state index is -4.96. The van der Waals surface area contributed by atoms with Crippen molar-refractivity contribution in [1.29, 1.82) is 0 Å². The second kappa shape index (κ2) is 73.9. The first-order valence-corrected chi connectivity index (χ1v) is 45.2. The summed E-state index contributed by atoms with van der Waals surface area (Å²) in [5.41, 5.74) is 0. The van der Waals surface area contributed by atoms with Crippen molar-refractivity contribution in [3.8, 4) is 0 Å². The molecule has 0 aliphatic heterocycles. The van der Waals surface area contributed by atoms with Crippen LogP contribution in [-0.2, 0) is 65.4 Å². The summed E-state index contributed by atoms with van der Waals surface area (Å²) in [7, 11) is -9.90. The molecule has 0 rings (SSSR count). The van der Waals surface area contributed by atoms with Crippen LogP contribution in [0.4, 0.5) is 0 Å². The Labute approximate surface area is 613 Å². The summed E-state index contributed by atoms with van der Waals surface area (Å²) in [6.45, 7) is 7.29. The van der Waals surface area contributed by atoms with Gasteiger partial charge < -0.3 is 33.8 Å². The lowest BCUT2D eigenvalue weighted by molar-refractivity contribution is -0.161. The van der Waals surface area contributed by atoms with Crippen molar-refractivity contribution in [2.24, 2.45) is 5.92 Å². The molecule has 0 aromatic rings. The SMILES string of the molecule is CCCCCCCCCCCCCCCCCCCCCCCCC(=O)OC[C@H](COP(=O)(O)OC[C@@H](O)COP(=O)(O)OC[C@@H](COC(=O)CCCCCCC)OC(=O)CCCCCCCCCCCCC)OC(=O)CCCCCCCCCCCCCCCCCCCCC(C)CC. The van der Waals surface area contributed by atoms with Crippen LogP contribution in [0.3, 0.4) is 0 Å². The Morgan fingerprint density at radius 2 is 0.480 bits per heavy atom. The number of aliphatic hydroxyl groups excluding tert-OH is 1. The van der Waals surface area contributed by atoms with Crippen LogP contribution in [0.5, 0.6) is 0 Å². The molecule has 0 aliphatic carbocycles. The maximum atomic E-state index is 13.1. The Morgan fingerprint density at radius 3 is 0.710 bits per heavy atom. The molecule has 0 radical (unpaired) electrons. The van der Waals surface area contributed by atoms with Gasteiger partial charge in [-0.1, -0.05) is 381 Å². The van der Waals surface area contributed by atoms with Crippen LogP contribution in [0.25, 0.3) is 0 Å². The van der Waals surface area contributed by atoms with E-state index in [1.807, 2.05) is 0 Å². The molecule has 0 amide bonds. The van der Waals surface area contributed by atoms with E-state index in [9.17, 15) is 43.2 Å². The summed E-state index contributed by atoms with van der Waals surface area (Å²) in [6, 6.07) is 0. The summed E-state index contributed by atoms with van der Waals surface area (Å²) in [4.78, 5) is 72.6. The number of aliphatic hydroxyl groups is 1. The first kappa shape index (κ1) is 98.1. The Morgan fingerprint density at radius 1 is 0.280 bits per heavy atom. The molecule has 594 valence electrons. The molecule has 0 aromatic carbocycles. The molecule has 0 saturated heterocycles. The van der Waals surface area contributed by atoms with Gasteiger partial charge in [-0.3, -0.25) is 37.3 Å². The van der Waals surface area contributed by atoms with E-state index in [1.54, 1.807) is 0 Å². The normalized spacial score (nSPS) is 14.1. The van der Waals surface area contributed by atoms with Crippen molar-refractivity contribution in [2.45, 2.75) is 451 Å². The van der Waals surface area contributed by atoms with Crippen LogP contribution in [-0.4, -0.2) is 96.7 Å². The highest BCUT2D eigenvalue weighted by atomic mass is 31.2. The van der Waals surface area contributed by atoms with E-state index in [-0.39, 0.29) is 25.7 Å². The first-order chi connectivity index (χ1) is 48.6. The first-order valence-electron chi connectivity index (χ1n) is 42.2. The topological polar surface area (TPSA) is 237 Å².